The molecule has 0 saturated heterocycles. The Labute approximate surface area is 167 Å². The number of para-hydroxylation sites is 1. The highest BCUT2D eigenvalue weighted by atomic mass is 32.1. The number of H-pyrrole nitrogens is 1. The molecule has 0 aliphatic rings. The number of nitrogens with zero attached hydrogens (tertiary/aromatic N) is 3. The summed E-state index contributed by atoms with van der Waals surface area (Å²) in [5.74, 6) is 1.40. The second-order valence-corrected chi connectivity index (χ2v) is 7.40. The van der Waals surface area contributed by atoms with E-state index in [0.29, 0.717) is 10.7 Å². The zero-order chi connectivity index (χ0) is 19.3. The molecule has 0 unspecified atom stereocenters. The maximum atomic E-state index is 12.7. The lowest BCUT2D eigenvalue weighted by Crippen LogP contribution is -2.26. The monoisotopic (exact) mass is 388 g/mol. The van der Waals surface area contributed by atoms with Crippen molar-refractivity contribution in [3.63, 3.8) is 0 Å². The summed E-state index contributed by atoms with van der Waals surface area (Å²) in [6, 6.07) is 21.7. The van der Waals surface area contributed by atoms with Gasteiger partial charge in [0.1, 0.15) is 5.82 Å². The number of thiophene rings is 1. The number of aromatic amines is 1. The fourth-order valence-electron chi connectivity index (χ4n) is 3.07. The quantitative estimate of drug-likeness (QED) is 0.525. The first-order valence-electron chi connectivity index (χ1n) is 9.08. The summed E-state index contributed by atoms with van der Waals surface area (Å²) in [6.07, 6.45) is 1.68. The molecule has 0 spiro atoms. The van der Waals surface area contributed by atoms with Crippen molar-refractivity contribution < 1.29 is 4.79 Å². The topological polar surface area (TPSA) is 61.9 Å². The summed E-state index contributed by atoms with van der Waals surface area (Å²) in [7, 11) is 1.78. The molecule has 0 atom stereocenters. The molecule has 0 aliphatic carbocycles. The Morgan fingerprint density at radius 3 is 2.57 bits per heavy atom. The first kappa shape index (κ1) is 18.1. The molecule has 0 radical (unpaired) electrons. The van der Waals surface area contributed by atoms with Crippen LogP contribution >= 0.6 is 11.3 Å². The third kappa shape index (κ3) is 3.87. The Morgan fingerprint density at radius 2 is 1.79 bits per heavy atom. The molecule has 1 amide bonds. The van der Waals surface area contributed by atoms with Gasteiger partial charge in [-0.1, -0.05) is 48.5 Å². The van der Waals surface area contributed by atoms with Crippen LogP contribution in [0.3, 0.4) is 0 Å². The lowest BCUT2D eigenvalue weighted by Gasteiger charge is -2.19. The van der Waals surface area contributed by atoms with Gasteiger partial charge in [0.15, 0.2) is 5.82 Å². The average molecular weight is 388 g/mol. The molecule has 4 aromatic rings. The highest BCUT2D eigenvalue weighted by Crippen LogP contribution is 2.29. The van der Waals surface area contributed by atoms with Gasteiger partial charge < -0.3 is 4.90 Å². The van der Waals surface area contributed by atoms with Gasteiger partial charge in [-0.25, -0.2) is 4.98 Å². The minimum Gasteiger partial charge on any atom is -0.310 e. The number of amides is 1. The third-order valence-corrected chi connectivity index (χ3v) is 5.43. The molecule has 5 nitrogen and oxygen atoms in total. The number of benzene rings is 2. The summed E-state index contributed by atoms with van der Waals surface area (Å²) in [5, 5.41) is 9.33. The Bertz CT molecular complexity index is 1060. The molecule has 28 heavy (non-hydrogen) atoms. The standard InChI is InChI=1S/C22H20N4OS/c1-26(22(27)19-12-7-15-28-19)18-11-6-5-10-17(18)21-23-20(24-25-21)14-13-16-8-3-2-4-9-16/h2-12,15H,13-14H2,1H3,(H,23,24,25). The van der Waals surface area contributed by atoms with E-state index in [1.165, 1.54) is 16.9 Å². The third-order valence-electron chi connectivity index (χ3n) is 4.57. The number of carbonyl (C=O) groups is 1. The van der Waals surface area contributed by atoms with Crippen LogP contribution in [0.15, 0.2) is 72.1 Å². The van der Waals surface area contributed by atoms with Crippen LogP contribution in [0.25, 0.3) is 11.4 Å². The van der Waals surface area contributed by atoms with Crippen molar-refractivity contribution in [2.45, 2.75) is 12.8 Å². The first-order chi connectivity index (χ1) is 13.7. The summed E-state index contributed by atoms with van der Waals surface area (Å²) in [4.78, 5) is 19.8. The first-order valence-corrected chi connectivity index (χ1v) is 9.96. The van der Waals surface area contributed by atoms with Gasteiger partial charge in [-0.2, -0.15) is 5.10 Å². The molecule has 0 saturated carbocycles. The van der Waals surface area contributed by atoms with Crippen LogP contribution < -0.4 is 4.90 Å². The van der Waals surface area contributed by atoms with Crippen LogP contribution in [-0.4, -0.2) is 28.1 Å². The second-order valence-electron chi connectivity index (χ2n) is 6.45. The summed E-state index contributed by atoms with van der Waals surface area (Å²) >= 11 is 1.44. The number of hydrogen-bond donors (Lipinski definition) is 1. The van der Waals surface area contributed by atoms with Crippen molar-refractivity contribution in [1.29, 1.82) is 0 Å². The highest BCUT2D eigenvalue weighted by molar-refractivity contribution is 7.12. The van der Waals surface area contributed by atoms with Crippen LogP contribution in [0, 0.1) is 0 Å². The normalized spacial score (nSPS) is 10.8. The van der Waals surface area contributed by atoms with E-state index in [2.05, 4.69) is 27.3 Å². The van der Waals surface area contributed by atoms with Crippen LogP contribution in [0.2, 0.25) is 0 Å². The van der Waals surface area contributed by atoms with Crippen molar-refractivity contribution in [3.8, 4) is 11.4 Å². The van der Waals surface area contributed by atoms with Crippen LogP contribution in [0.1, 0.15) is 21.1 Å². The lowest BCUT2D eigenvalue weighted by atomic mass is 10.1. The predicted molar refractivity (Wildman–Crippen MR) is 113 cm³/mol. The Balaban J connectivity index is 1.55. The fraction of sp³-hybridized carbons (Fsp3) is 0.136. The van der Waals surface area contributed by atoms with Gasteiger partial charge in [-0.05, 0) is 35.6 Å². The maximum Gasteiger partial charge on any atom is 0.268 e. The SMILES string of the molecule is CN(C(=O)c1cccs1)c1ccccc1-c1n[nH]c(CCc2ccccc2)n1. The van der Waals surface area contributed by atoms with E-state index < -0.39 is 0 Å². The zero-order valence-corrected chi connectivity index (χ0v) is 16.3. The molecule has 4 rings (SSSR count). The molecule has 2 heterocycles. The molecule has 0 fully saturated rings. The minimum absolute atomic E-state index is 0.0395. The molecule has 1 N–H and O–H groups in total. The molecule has 2 aromatic heterocycles. The van der Waals surface area contributed by atoms with Crippen molar-refractivity contribution in [2.24, 2.45) is 0 Å². The van der Waals surface area contributed by atoms with Gasteiger partial charge in [0, 0.05) is 19.0 Å². The highest BCUT2D eigenvalue weighted by Gasteiger charge is 2.19. The predicted octanol–water partition coefficient (Wildman–Crippen LogP) is 4.60. The van der Waals surface area contributed by atoms with Crippen molar-refractivity contribution in [1.82, 2.24) is 15.2 Å². The van der Waals surface area contributed by atoms with Gasteiger partial charge in [0.25, 0.3) is 5.91 Å². The number of aromatic nitrogens is 3. The van der Waals surface area contributed by atoms with E-state index in [1.807, 2.05) is 60.0 Å². The molecule has 0 bridgehead atoms. The fourth-order valence-corrected chi connectivity index (χ4v) is 3.76. The van der Waals surface area contributed by atoms with E-state index in [-0.39, 0.29) is 5.91 Å². The molecular formula is C22H20N4OS. The Morgan fingerprint density at radius 1 is 1.00 bits per heavy atom. The lowest BCUT2D eigenvalue weighted by molar-refractivity contribution is 0.0997. The second kappa shape index (κ2) is 8.19. The van der Waals surface area contributed by atoms with E-state index in [4.69, 9.17) is 0 Å². The summed E-state index contributed by atoms with van der Waals surface area (Å²) < 4.78 is 0. The summed E-state index contributed by atoms with van der Waals surface area (Å²) in [5.41, 5.74) is 2.88. The number of nitrogens with one attached hydrogen (secondary N) is 1. The number of carbonyl (C=O) groups excluding carboxylic acids is 1. The molecular weight excluding hydrogens is 368 g/mol. The van der Waals surface area contributed by atoms with Crippen molar-refractivity contribution >= 4 is 22.9 Å². The van der Waals surface area contributed by atoms with Gasteiger partial charge in [0.2, 0.25) is 0 Å². The average Bonchev–Trinajstić information content (AvgIpc) is 3.44. The molecule has 2 aromatic carbocycles. The van der Waals surface area contributed by atoms with E-state index in [9.17, 15) is 4.79 Å². The van der Waals surface area contributed by atoms with Gasteiger partial charge >= 0.3 is 0 Å². The van der Waals surface area contributed by atoms with E-state index in [0.717, 1.165) is 29.9 Å². The van der Waals surface area contributed by atoms with Gasteiger partial charge in [-0.3, -0.25) is 9.89 Å². The summed E-state index contributed by atoms with van der Waals surface area (Å²) in [6.45, 7) is 0. The largest absolute Gasteiger partial charge is 0.310 e. The van der Waals surface area contributed by atoms with Crippen molar-refractivity contribution in [3.05, 3.63) is 88.4 Å². The van der Waals surface area contributed by atoms with Crippen LogP contribution in [0.4, 0.5) is 5.69 Å². The molecule has 0 aliphatic heterocycles. The number of anilines is 1. The molecule has 140 valence electrons. The Kier molecular flexibility index (Phi) is 5.30. The maximum absolute atomic E-state index is 12.7. The van der Waals surface area contributed by atoms with Crippen molar-refractivity contribution in [2.75, 3.05) is 11.9 Å². The van der Waals surface area contributed by atoms with E-state index in [1.54, 1.807) is 11.9 Å². The molecule has 6 heteroatoms. The minimum atomic E-state index is -0.0395. The smallest absolute Gasteiger partial charge is 0.268 e. The van der Waals surface area contributed by atoms with Crippen LogP contribution in [0.5, 0.6) is 0 Å². The van der Waals surface area contributed by atoms with Gasteiger partial charge in [0.05, 0.1) is 10.6 Å². The number of hydrogen-bond acceptors (Lipinski definition) is 4. The zero-order valence-electron chi connectivity index (χ0n) is 15.5. The van der Waals surface area contributed by atoms with Crippen LogP contribution in [-0.2, 0) is 12.8 Å². The number of rotatable bonds is 6. The van der Waals surface area contributed by atoms with E-state index >= 15 is 0 Å². The van der Waals surface area contributed by atoms with Gasteiger partial charge in [-0.15, -0.1) is 11.3 Å². The Hall–Kier alpha value is -3.25. The number of aryl methyl sites for hydroxylation is 2.